The fraction of sp³-hybridized carbons (Fsp3) is 0.536. The number of amides is 1. The summed E-state index contributed by atoms with van der Waals surface area (Å²) in [4.78, 5) is 14.8. The summed E-state index contributed by atoms with van der Waals surface area (Å²) in [7, 11) is 0. The van der Waals surface area contributed by atoms with Crippen molar-refractivity contribution < 1.29 is 35.9 Å². The van der Waals surface area contributed by atoms with Crippen molar-refractivity contribution in [2.75, 3.05) is 19.6 Å². The molecule has 2 aromatic rings. The molecule has 0 bridgehead atoms. The number of piperidine rings is 1. The lowest BCUT2D eigenvalue weighted by atomic mass is 9.87. The monoisotopic (exact) mass is 542 g/mol. The third-order valence-electron chi connectivity index (χ3n) is 7.46. The Kier molecular flexibility index (Phi) is 8.72. The van der Waals surface area contributed by atoms with Gasteiger partial charge >= 0.3 is 12.4 Å². The van der Waals surface area contributed by atoms with Gasteiger partial charge in [0.05, 0.1) is 23.3 Å². The number of alkyl halides is 6. The first-order valence-corrected chi connectivity index (χ1v) is 12.9. The lowest BCUT2D eigenvalue weighted by Gasteiger charge is -2.40. The molecule has 0 saturated carbocycles. The summed E-state index contributed by atoms with van der Waals surface area (Å²) in [5, 5.41) is 3.39. The highest BCUT2D eigenvalue weighted by Gasteiger charge is 2.39. The van der Waals surface area contributed by atoms with E-state index in [9.17, 15) is 31.1 Å². The molecule has 208 valence electrons. The van der Waals surface area contributed by atoms with E-state index in [-0.39, 0.29) is 23.5 Å². The maximum Gasteiger partial charge on any atom is 0.416 e. The Labute approximate surface area is 218 Å². The van der Waals surface area contributed by atoms with E-state index in [1.165, 1.54) is 6.92 Å². The van der Waals surface area contributed by atoms with Gasteiger partial charge in [-0.05, 0) is 68.5 Å². The standard InChI is InChI=1S/C28H32F6N2O2/c1-18(20-14-21(27(29,30)31)16-22(15-20)28(32,33)34)38-25-11-13-36(17-24(25)19-6-3-2-4-7-19)26(37)10-9-23-8-5-12-35-23/h2-4,6-7,14-16,18,23-25,35H,5,8-13,17H2,1H3/t18-,23?,24+,25+/m1/s1. The van der Waals surface area contributed by atoms with Crippen LogP contribution >= 0.6 is 0 Å². The minimum atomic E-state index is -4.93. The van der Waals surface area contributed by atoms with Crippen LogP contribution in [0.1, 0.15) is 73.3 Å². The van der Waals surface area contributed by atoms with Crippen LogP contribution in [0.5, 0.6) is 0 Å². The van der Waals surface area contributed by atoms with Gasteiger partial charge in [0.2, 0.25) is 5.91 Å². The van der Waals surface area contributed by atoms with Crippen molar-refractivity contribution in [3.8, 4) is 0 Å². The highest BCUT2D eigenvalue weighted by molar-refractivity contribution is 5.76. The average Bonchev–Trinajstić information content (AvgIpc) is 3.40. The first-order chi connectivity index (χ1) is 17.9. The van der Waals surface area contributed by atoms with Crippen LogP contribution in [0.4, 0.5) is 26.3 Å². The Bertz CT molecular complexity index is 1050. The number of benzene rings is 2. The van der Waals surface area contributed by atoms with E-state index < -0.39 is 35.7 Å². The van der Waals surface area contributed by atoms with Crippen LogP contribution in [-0.2, 0) is 21.9 Å². The smallest absolute Gasteiger partial charge is 0.370 e. The summed E-state index contributed by atoms with van der Waals surface area (Å²) in [5.74, 6) is -0.229. The summed E-state index contributed by atoms with van der Waals surface area (Å²) >= 11 is 0. The molecule has 1 amide bonds. The number of carbonyl (C=O) groups is 1. The van der Waals surface area contributed by atoms with E-state index in [4.69, 9.17) is 4.74 Å². The number of nitrogens with one attached hydrogen (secondary N) is 1. The second-order valence-corrected chi connectivity index (χ2v) is 10.1. The molecule has 1 N–H and O–H groups in total. The number of halogens is 6. The Morgan fingerprint density at radius 2 is 1.68 bits per heavy atom. The Morgan fingerprint density at radius 3 is 2.26 bits per heavy atom. The van der Waals surface area contributed by atoms with Gasteiger partial charge in [-0.1, -0.05) is 30.3 Å². The molecule has 2 fully saturated rings. The van der Waals surface area contributed by atoms with Gasteiger partial charge in [0.25, 0.3) is 0 Å². The molecule has 38 heavy (non-hydrogen) atoms. The van der Waals surface area contributed by atoms with Crippen LogP contribution < -0.4 is 5.32 Å². The Hall–Kier alpha value is -2.59. The van der Waals surface area contributed by atoms with Gasteiger partial charge in [0.1, 0.15) is 0 Å². The fourth-order valence-corrected chi connectivity index (χ4v) is 5.35. The molecular formula is C28H32F6N2O2. The molecule has 4 nitrogen and oxygen atoms in total. The fourth-order valence-electron chi connectivity index (χ4n) is 5.35. The quantitative estimate of drug-likeness (QED) is 0.395. The first-order valence-electron chi connectivity index (χ1n) is 12.9. The molecule has 2 saturated heterocycles. The van der Waals surface area contributed by atoms with Crippen LogP contribution in [0.15, 0.2) is 48.5 Å². The molecule has 2 aliphatic heterocycles. The van der Waals surface area contributed by atoms with E-state index in [0.29, 0.717) is 44.1 Å². The Morgan fingerprint density at radius 1 is 1.03 bits per heavy atom. The summed E-state index contributed by atoms with van der Waals surface area (Å²) in [6.45, 7) is 3.21. The molecule has 0 aromatic heterocycles. The minimum Gasteiger partial charge on any atom is -0.370 e. The molecule has 4 rings (SSSR count). The van der Waals surface area contributed by atoms with Gasteiger partial charge in [0.15, 0.2) is 0 Å². The highest BCUT2D eigenvalue weighted by atomic mass is 19.4. The third-order valence-corrected chi connectivity index (χ3v) is 7.46. The van der Waals surface area contributed by atoms with E-state index >= 15 is 0 Å². The van der Waals surface area contributed by atoms with E-state index in [1.54, 1.807) is 4.90 Å². The zero-order valence-electron chi connectivity index (χ0n) is 21.1. The second-order valence-electron chi connectivity index (χ2n) is 10.1. The molecule has 0 spiro atoms. The molecule has 2 aliphatic rings. The number of rotatable bonds is 7. The second kappa shape index (κ2) is 11.7. The molecule has 2 heterocycles. The van der Waals surface area contributed by atoms with E-state index in [2.05, 4.69) is 5.32 Å². The van der Waals surface area contributed by atoms with Gasteiger partial charge in [-0.2, -0.15) is 26.3 Å². The predicted octanol–water partition coefficient (Wildman–Crippen LogP) is 6.72. The van der Waals surface area contributed by atoms with Crippen molar-refractivity contribution >= 4 is 5.91 Å². The molecule has 10 heteroatoms. The zero-order valence-corrected chi connectivity index (χ0v) is 21.1. The SMILES string of the molecule is C[C@@H](O[C@H]1CCN(C(=O)CCC2CCCN2)C[C@H]1c1ccccc1)c1cc(C(F)(F)F)cc(C(F)(F)F)c1. The van der Waals surface area contributed by atoms with Gasteiger partial charge in [0, 0.05) is 31.5 Å². The number of nitrogens with zero attached hydrogens (tertiary/aromatic N) is 1. The van der Waals surface area contributed by atoms with Crippen molar-refractivity contribution in [3.05, 3.63) is 70.8 Å². The molecule has 4 atom stereocenters. The minimum absolute atomic E-state index is 0.0406. The summed E-state index contributed by atoms with van der Waals surface area (Å²) in [5.41, 5.74) is -2.02. The third kappa shape index (κ3) is 7.08. The average molecular weight is 543 g/mol. The normalized spacial score (nSPS) is 23.4. The van der Waals surface area contributed by atoms with Crippen molar-refractivity contribution in [3.63, 3.8) is 0 Å². The van der Waals surface area contributed by atoms with E-state index in [1.807, 2.05) is 30.3 Å². The van der Waals surface area contributed by atoms with Crippen LogP contribution in [0.2, 0.25) is 0 Å². The molecule has 2 aromatic carbocycles. The maximum atomic E-state index is 13.4. The van der Waals surface area contributed by atoms with Gasteiger partial charge in [-0.15, -0.1) is 0 Å². The largest absolute Gasteiger partial charge is 0.416 e. The van der Waals surface area contributed by atoms with Gasteiger partial charge < -0.3 is 15.0 Å². The number of hydrogen-bond donors (Lipinski definition) is 1. The van der Waals surface area contributed by atoms with Crippen LogP contribution in [0.3, 0.4) is 0 Å². The van der Waals surface area contributed by atoms with E-state index in [0.717, 1.165) is 31.4 Å². The first kappa shape index (κ1) is 28.4. The van der Waals surface area contributed by atoms with Crippen LogP contribution in [-0.4, -0.2) is 42.6 Å². The van der Waals surface area contributed by atoms with Crippen LogP contribution in [0.25, 0.3) is 0 Å². The number of likely N-dealkylation sites (tertiary alicyclic amines) is 1. The summed E-state index contributed by atoms with van der Waals surface area (Å²) in [6, 6.07) is 11.2. The lowest BCUT2D eigenvalue weighted by Crippen LogP contribution is -2.46. The van der Waals surface area contributed by atoms with Crippen molar-refractivity contribution in [2.24, 2.45) is 0 Å². The summed E-state index contributed by atoms with van der Waals surface area (Å²) in [6.07, 6.45) is -7.61. The van der Waals surface area contributed by atoms with Crippen molar-refractivity contribution in [2.45, 2.75) is 75.5 Å². The number of carbonyl (C=O) groups excluding carboxylic acids is 1. The van der Waals surface area contributed by atoms with Gasteiger partial charge in [-0.3, -0.25) is 4.79 Å². The number of ether oxygens (including phenoxy) is 1. The topological polar surface area (TPSA) is 41.6 Å². The molecule has 0 aliphatic carbocycles. The number of hydrogen-bond acceptors (Lipinski definition) is 3. The Balaban J connectivity index is 1.52. The van der Waals surface area contributed by atoms with Gasteiger partial charge in [-0.25, -0.2) is 0 Å². The van der Waals surface area contributed by atoms with Crippen molar-refractivity contribution in [1.29, 1.82) is 0 Å². The van der Waals surface area contributed by atoms with Crippen LogP contribution in [0, 0.1) is 0 Å². The predicted molar refractivity (Wildman–Crippen MR) is 130 cm³/mol. The zero-order chi connectivity index (χ0) is 27.5. The molecule has 1 unspecified atom stereocenters. The van der Waals surface area contributed by atoms with Crippen molar-refractivity contribution in [1.82, 2.24) is 10.2 Å². The molecule has 0 radical (unpaired) electrons. The molecular weight excluding hydrogens is 510 g/mol. The summed E-state index contributed by atoms with van der Waals surface area (Å²) < 4.78 is 86.4. The highest BCUT2D eigenvalue weighted by Crippen LogP contribution is 2.39. The maximum absolute atomic E-state index is 13.4. The lowest BCUT2D eigenvalue weighted by molar-refractivity contribution is -0.143.